The molecule has 0 fully saturated rings. The highest BCUT2D eigenvalue weighted by molar-refractivity contribution is 6.04. The number of amides is 1. The molecule has 0 radical (unpaired) electrons. The van der Waals surface area contributed by atoms with E-state index in [4.69, 9.17) is 9.15 Å². The Kier molecular flexibility index (Phi) is 4.98. The van der Waals surface area contributed by atoms with Crippen molar-refractivity contribution < 1.29 is 27.1 Å². The highest BCUT2D eigenvalue weighted by Crippen LogP contribution is 2.35. The van der Waals surface area contributed by atoms with E-state index < -0.39 is 17.6 Å². The first-order valence-corrected chi connectivity index (χ1v) is 7.02. The molecule has 4 nitrogen and oxygen atoms in total. The van der Waals surface area contributed by atoms with Gasteiger partial charge in [0.25, 0.3) is 5.91 Å². The van der Waals surface area contributed by atoms with Crippen molar-refractivity contribution in [1.29, 1.82) is 0 Å². The summed E-state index contributed by atoms with van der Waals surface area (Å²) >= 11 is 0. The van der Waals surface area contributed by atoms with E-state index in [1.165, 1.54) is 12.3 Å². The molecule has 1 heterocycles. The Morgan fingerprint density at radius 3 is 2.61 bits per heavy atom. The number of furan rings is 1. The topological polar surface area (TPSA) is 51.5 Å². The summed E-state index contributed by atoms with van der Waals surface area (Å²) in [6, 6.07) is 4.55. The molecule has 0 saturated heterocycles. The lowest BCUT2D eigenvalue weighted by Gasteiger charge is -2.14. The molecule has 124 valence electrons. The minimum Gasteiger partial charge on any atom is -0.491 e. The number of hydrogen-bond donors (Lipinski definition) is 1. The zero-order valence-electron chi connectivity index (χ0n) is 12.7. The number of halogens is 3. The van der Waals surface area contributed by atoms with Crippen LogP contribution in [0.4, 0.5) is 18.9 Å². The van der Waals surface area contributed by atoms with Crippen molar-refractivity contribution >= 4 is 11.6 Å². The van der Waals surface area contributed by atoms with Gasteiger partial charge in [0, 0.05) is 5.56 Å². The van der Waals surface area contributed by atoms with Crippen LogP contribution in [-0.4, -0.2) is 12.5 Å². The Bertz CT molecular complexity index is 692. The van der Waals surface area contributed by atoms with Gasteiger partial charge in [-0.2, -0.15) is 13.2 Å². The number of nitrogens with one attached hydrogen (secondary N) is 1. The normalized spacial score (nSPS) is 11.3. The number of rotatable bonds is 5. The highest BCUT2D eigenvalue weighted by Gasteiger charge is 2.31. The van der Waals surface area contributed by atoms with E-state index in [-0.39, 0.29) is 17.2 Å². The molecule has 0 atom stereocenters. The van der Waals surface area contributed by atoms with E-state index >= 15 is 0 Å². The summed E-state index contributed by atoms with van der Waals surface area (Å²) in [6.07, 6.45) is -2.49. The van der Waals surface area contributed by atoms with Crippen LogP contribution in [-0.2, 0) is 6.18 Å². The number of alkyl halides is 3. The maximum absolute atomic E-state index is 12.9. The van der Waals surface area contributed by atoms with E-state index in [1.54, 1.807) is 13.0 Å². The predicted molar refractivity (Wildman–Crippen MR) is 78.6 cm³/mol. The molecule has 0 saturated carbocycles. The molecule has 7 heteroatoms. The molecule has 23 heavy (non-hydrogen) atoms. The Balaban J connectivity index is 2.33. The molecule has 0 unspecified atom stereocenters. The van der Waals surface area contributed by atoms with Crippen LogP contribution < -0.4 is 10.1 Å². The fourth-order valence-electron chi connectivity index (χ4n) is 1.93. The molecule has 0 aliphatic carbocycles. The van der Waals surface area contributed by atoms with Gasteiger partial charge in [0.1, 0.15) is 5.75 Å². The molecule has 1 amide bonds. The largest absolute Gasteiger partial charge is 0.491 e. The van der Waals surface area contributed by atoms with Gasteiger partial charge in [0.15, 0.2) is 5.76 Å². The van der Waals surface area contributed by atoms with Crippen LogP contribution >= 0.6 is 0 Å². The first-order valence-electron chi connectivity index (χ1n) is 7.02. The van der Waals surface area contributed by atoms with Gasteiger partial charge in [-0.3, -0.25) is 4.79 Å². The second kappa shape index (κ2) is 6.76. The third kappa shape index (κ3) is 4.06. The summed E-state index contributed by atoms with van der Waals surface area (Å²) in [5, 5.41) is 2.42. The first kappa shape index (κ1) is 16.9. The Hall–Kier alpha value is -2.44. The molecule has 0 aliphatic heterocycles. The molecule has 1 aromatic heterocycles. The number of carbonyl (C=O) groups is 1. The van der Waals surface area contributed by atoms with Crippen LogP contribution in [0.2, 0.25) is 0 Å². The van der Waals surface area contributed by atoms with Crippen molar-refractivity contribution in [1.82, 2.24) is 0 Å². The zero-order valence-corrected chi connectivity index (χ0v) is 12.7. The monoisotopic (exact) mass is 327 g/mol. The van der Waals surface area contributed by atoms with E-state index in [0.29, 0.717) is 18.6 Å². The van der Waals surface area contributed by atoms with Crippen molar-refractivity contribution in [2.24, 2.45) is 0 Å². The molecule has 2 aromatic rings. The summed E-state index contributed by atoms with van der Waals surface area (Å²) in [5.74, 6) is -0.408. The Morgan fingerprint density at radius 1 is 1.30 bits per heavy atom. The number of carbonyl (C=O) groups excluding carboxylic acids is 1. The minimum atomic E-state index is -4.51. The number of ether oxygens (including phenoxy) is 1. The first-order chi connectivity index (χ1) is 10.8. The average Bonchev–Trinajstić information content (AvgIpc) is 2.91. The fourth-order valence-corrected chi connectivity index (χ4v) is 1.93. The lowest BCUT2D eigenvalue weighted by Crippen LogP contribution is -2.15. The van der Waals surface area contributed by atoms with Gasteiger partial charge in [0.2, 0.25) is 0 Å². The molecular weight excluding hydrogens is 311 g/mol. The third-order valence-corrected chi connectivity index (χ3v) is 3.09. The molecule has 1 aromatic carbocycles. The van der Waals surface area contributed by atoms with Gasteiger partial charge in [-0.05, 0) is 37.6 Å². The molecule has 2 rings (SSSR count). The van der Waals surface area contributed by atoms with Crippen LogP contribution in [0.1, 0.15) is 35.0 Å². The van der Waals surface area contributed by atoms with E-state index in [1.807, 2.05) is 6.92 Å². The Labute approximate surface area is 131 Å². The predicted octanol–water partition coefficient (Wildman–Crippen LogP) is 4.65. The SMILES string of the molecule is CCCOc1ccc(C(F)(F)F)cc1NC(=O)c1occc1C. The number of aryl methyl sites for hydroxylation is 1. The van der Waals surface area contributed by atoms with Crippen molar-refractivity contribution in [3.8, 4) is 5.75 Å². The molecular formula is C16H16F3NO3. The van der Waals surface area contributed by atoms with Crippen LogP contribution in [0.25, 0.3) is 0 Å². The van der Waals surface area contributed by atoms with Crippen molar-refractivity contribution in [3.05, 3.63) is 47.4 Å². The van der Waals surface area contributed by atoms with Gasteiger partial charge in [-0.25, -0.2) is 0 Å². The average molecular weight is 327 g/mol. The number of benzene rings is 1. The van der Waals surface area contributed by atoms with E-state index in [2.05, 4.69) is 5.32 Å². The van der Waals surface area contributed by atoms with Crippen molar-refractivity contribution in [2.45, 2.75) is 26.4 Å². The third-order valence-electron chi connectivity index (χ3n) is 3.09. The lowest BCUT2D eigenvalue weighted by atomic mass is 10.1. The van der Waals surface area contributed by atoms with Gasteiger partial charge < -0.3 is 14.5 Å². The smallest absolute Gasteiger partial charge is 0.416 e. The van der Waals surface area contributed by atoms with E-state index in [9.17, 15) is 18.0 Å². The maximum Gasteiger partial charge on any atom is 0.416 e. The number of hydrogen-bond acceptors (Lipinski definition) is 3. The highest BCUT2D eigenvalue weighted by atomic mass is 19.4. The second-order valence-electron chi connectivity index (χ2n) is 4.94. The van der Waals surface area contributed by atoms with Gasteiger partial charge in [-0.15, -0.1) is 0 Å². The molecule has 0 spiro atoms. The van der Waals surface area contributed by atoms with Crippen molar-refractivity contribution in [3.63, 3.8) is 0 Å². The molecule has 0 bridgehead atoms. The van der Waals surface area contributed by atoms with Crippen molar-refractivity contribution in [2.75, 3.05) is 11.9 Å². The molecule has 1 N–H and O–H groups in total. The summed E-state index contributed by atoms with van der Waals surface area (Å²) in [4.78, 5) is 12.1. The van der Waals surface area contributed by atoms with Crippen LogP contribution in [0.5, 0.6) is 5.75 Å². The zero-order chi connectivity index (χ0) is 17.0. The summed E-state index contributed by atoms with van der Waals surface area (Å²) in [6.45, 7) is 3.86. The quantitative estimate of drug-likeness (QED) is 0.870. The standard InChI is InChI=1S/C16H16F3NO3/c1-3-7-22-13-5-4-11(16(17,18)19)9-12(13)20-15(21)14-10(2)6-8-23-14/h4-6,8-9H,3,7H2,1-2H3,(H,20,21). The number of anilines is 1. The van der Waals surface area contributed by atoms with Gasteiger partial charge >= 0.3 is 6.18 Å². The van der Waals surface area contributed by atoms with Crippen LogP contribution in [0.3, 0.4) is 0 Å². The summed E-state index contributed by atoms with van der Waals surface area (Å²) < 4.78 is 49.0. The van der Waals surface area contributed by atoms with Gasteiger partial charge in [0.05, 0.1) is 24.1 Å². The fraction of sp³-hybridized carbons (Fsp3) is 0.312. The van der Waals surface area contributed by atoms with Crippen LogP contribution in [0.15, 0.2) is 34.9 Å². The van der Waals surface area contributed by atoms with E-state index in [0.717, 1.165) is 12.1 Å². The maximum atomic E-state index is 12.9. The Morgan fingerprint density at radius 2 is 2.04 bits per heavy atom. The second-order valence-corrected chi connectivity index (χ2v) is 4.94. The molecule has 0 aliphatic rings. The minimum absolute atomic E-state index is 0.0452. The lowest BCUT2D eigenvalue weighted by molar-refractivity contribution is -0.137. The summed E-state index contributed by atoms with van der Waals surface area (Å²) in [5.41, 5.74) is -0.326. The van der Waals surface area contributed by atoms with Gasteiger partial charge in [-0.1, -0.05) is 6.92 Å². The summed E-state index contributed by atoms with van der Waals surface area (Å²) in [7, 11) is 0. The van der Waals surface area contributed by atoms with Crippen LogP contribution in [0, 0.1) is 6.92 Å².